The zero-order valence-corrected chi connectivity index (χ0v) is 16.6. The lowest BCUT2D eigenvalue weighted by atomic mass is 9.79. The van der Waals surface area contributed by atoms with Gasteiger partial charge in [0.2, 0.25) is 5.91 Å². The number of thiazole rings is 1. The number of carbonyl (C=O) groups excluding carboxylic acids is 1. The van der Waals surface area contributed by atoms with Crippen molar-refractivity contribution in [3.8, 4) is 11.3 Å². The Kier molecular flexibility index (Phi) is 4.54. The largest absolute Gasteiger partial charge is 0.481 e. The molecule has 0 spiro atoms. The van der Waals surface area contributed by atoms with Gasteiger partial charge in [0.05, 0.1) is 17.5 Å². The van der Waals surface area contributed by atoms with E-state index >= 15 is 0 Å². The Balaban J connectivity index is 1.56. The molecule has 5 nitrogen and oxygen atoms in total. The van der Waals surface area contributed by atoms with Gasteiger partial charge in [0.25, 0.3) is 0 Å². The van der Waals surface area contributed by atoms with Gasteiger partial charge < -0.3 is 10.4 Å². The van der Waals surface area contributed by atoms with Crippen molar-refractivity contribution in [2.24, 2.45) is 23.7 Å². The zero-order valence-electron chi connectivity index (χ0n) is 15.8. The van der Waals surface area contributed by atoms with Crippen molar-refractivity contribution in [3.63, 3.8) is 0 Å². The van der Waals surface area contributed by atoms with Gasteiger partial charge >= 0.3 is 5.97 Å². The average Bonchev–Trinajstić information content (AvgIpc) is 3.31. The number of nitrogens with one attached hydrogen (secondary N) is 1. The highest BCUT2D eigenvalue weighted by Gasteiger charge is 2.54. The fraction of sp³-hybridized carbons (Fsp3) is 0.476. The summed E-state index contributed by atoms with van der Waals surface area (Å²) < 4.78 is 0. The number of nitrogens with zero attached hydrogens (tertiary/aromatic N) is 1. The molecule has 0 aliphatic heterocycles. The number of anilines is 1. The minimum atomic E-state index is -0.839. The van der Waals surface area contributed by atoms with E-state index in [1.807, 2.05) is 13.0 Å². The quantitative estimate of drug-likeness (QED) is 0.818. The molecule has 2 aliphatic carbocycles. The first kappa shape index (κ1) is 18.2. The topological polar surface area (TPSA) is 79.3 Å². The lowest BCUT2D eigenvalue weighted by Gasteiger charge is -2.26. The third-order valence-corrected chi connectivity index (χ3v) is 7.20. The van der Waals surface area contributed by atoms with Gasteiger partial charge in [-0.3, -0.25) is 9.59 Å². The lowest BCUT2D eigenvalue weighted by Crippen LogP contribution is -2.37. The van der Waals surface area contributed by atoms with Gasteiger partial charge in [-0.2, -0.15) is 0 Å². The number of carbonyl (C=O) groups is 2. The maximum absolute atomic E-state index is 12.9. The summed E-state index contributed by atoms with van der Waals surface area (Å²) in [5.41, 5.74) is 4.35. The number of aromatic nitrogens is 1. The fourth-order valence-electron chi connectivity index (χ4n) is 4.82. The third kappa shape index (κ3) is 3.16. The summed E-state index contributed by atoms with van der Waals surface area (Å²) in [5.74, 6) is -1.67. The first-order chi connectivity index (χ1) is 12.8. The Morgan fingerprint density at radius 3 is 2.48 bits per heavy atom. The molecule has 1 aromatic carbocycles. The fourth-order valence-corrected chi connectivity index (χ4v) is 5.66. The first-order valence-electron chi connectivity index (χ1n) is 9.44. The van der Waals surface area contributed by atoms with E-state index in [0.29, 0.717) is 5.13 Å². The third-order valence-electron chi connectivity index (χ3n) is 6.31. The van der Waals surface area contributed by atoms with Crippen LogP contribution in [0.15, 0.2) is 18.2 Å². The molecular formula is C21H24N2O3S. The van der Waals surface area contributed by atoms with Crippen LogP contribution in [-0.2, 0) is 9.59 Å². The molecule has 2 N–H and O–H groups in total. The van der Waals surface area contributed by atoms with E-state index in [4.69, 9.17) is 0 Å². The van der Waals surface area contributed by atoms with E-state index in [0.717, 1.165) is 35.4 Å². The number of hydrogen-bond acceptors (Lipinski definition) is 4. The summed E-state index contributed by atoms with van der Waals surface area (Å²) >= 11 is 1.45. The van der Waals surface area contributed by atoms with Crippen LogP contribution in [0.1, 0.15) is 35.3 Å². The van der Waals surface area contributed by atoms with E-state index in [-0.39, 0.29) is 17.7 Å². The molecule has 27 heavy (non-hydrogen) atoms. The minimum absolute atomic E-state index is 0.146. The molecule has 2 aromatic rings. The summed E-state index contributed by atoms with van der Waals surface area (Å²) in [4.78, 5) is 30.2. The smallest absolute Gasteiger partial charge is 0.307 e. The highest BCUT2D eigenvalue weighted by Crippen LogP contribution is 2.52. The van der Waals surface area contributed by atoms with Crippen molar-refractivity contribution in [3.05, 3.63) is 34.2 Å². The van der Waals surface area contributed by atoms with Crippen LogP contribution in [-0.4, -0.2) is 22.0 Å². The molecule has 2 saturated carbocycles. The molecule has 0 radical (unpaired) electrons. The van der Waals surface area contributed by atoms with Crippen LogP contribution in [0.25, 0.3) is 11.3 Å². The van der Waals surface area contributed by atoms with Crippen molar-refractivity contribution >= 4 is 28.3 Å². The Morgan fingerprint density at radius 1 is 1.11 bits per heavy atom. The van der Waals surface area contributed by atoms with Gasteiger partial charge in [-0.05, 0) is 69.1 Å². The van der Waals surface area contributed by atoms with Crippen molar-refractivity contribution < 1.29 is 14.7 Å². The second-order valence-electron chi connectivity index (χ2n) is 7.94. The molecule has 2 fully saturated rings. The van der Waals surface area contributed by atoms with Gasteiger partial charge in [-0.15, -0.1) is 11.3 Å². The van der Waals surface area contributed by atoms with Gasteiger partial charge in [0.1, 0.15) is 0 Å². The van der Waals surface area contributed by atoms with E-state index in [1.165, 1.54) is 22.5 Å². The molecule has 0 saturated heterocycles. The summed E-state index contributed by atoms with van der Waals surface area (Å²) in [6.45, 7) is 6.15. The van der Waals surface area contributed by atoms with E-state index in [2.05, 4.69) is 36.3 Å². The van der Waals surface area contributed by atoms with Crippen LogP contribution in [0.3, 0.4) is 0 Å². The highest BCUT2D eigenvalue weighted by molar-refractivity contribution is 7.16. The summed E-state index contributed by atoms with van der Waals surface area (Å²) in [6.07, 6.45) is 2.75. The van der Waals surface area contributed by atoms with E-state index in [9.17, 15) is 14.7 Å². The van der Waals surface area contributed by atoms with E-state index < -0.39 is 17.8 Å². The lowest BCUT2D eigenvalue weighted by molar-refractivity contribution is -0.148. The monoisotopic (exact) mass is 384 g/mol. The first-order valence-corrected chi connectivity index (χ1v) is 10.3. The van der Waals surface area contributed by atoms with Crippen LogP contribution < -0.4 is 5.32 Å². The number of carboxylic acid groups (broad SMARTS) is 1. The SMILES string of the molecule is Cc1ccc(-c2nc(NC(=O)[C@@H]3[C@H]4CC[C@@H](C4)[C@@H]3C(=O)O)sc2C)cc1C. The summed E-state index contributed by atoms with van der Waals surface area (Å²) in [6, 6.07) is 6.24. The highest BCUT2D eigenvalue weighted by atomic mass is 32.1. The molecule has 1 aromatic heterocycles. The molecule has 1 heterocycles. The van der Waals surface area contributed by atoms with Crippen LogP contribution in [0.4, 0.5) is 5.13 Å². The maximum atomic E-state index is 12.9. The van der Waals surface area contributed by atoms with Gasteiger partial charge in [0, 0.05) is 10.4 Å². The molecule has 6 heteroatoms. The van der Waals surface area contributed by atoms with Crippen LogP contribution in [0.5, 0.6) is 0 Å². The number of aryl methyl sites for hydroxylation is 3. The molecule has 4 rings (SSSR count). The predicted molar refractivity (Wildman–Crippen MR) is 106 cm³/mol. The molecule has 1 amide bonds. The number of benzene rings is 1. The average molecular weight is 385 g/mol. The number of aliphatic carboxylic acids is 1. The molecular weight excluding hydrogens is 360 g/mol. The minimum Gasteiger partial charge on any atom is -0.481 e. The summed E-state index contributed by atoms with van der Waals surface area (Å²) in [5, 5.41) is 13.0. The molecule has 4 atom stereocenters. The normalized spacial score (nSPS) is 26.3. The maximum Gasteiger partial charge on any atom is 0.307 e. The molecule has 2 aliphatic rings. The Hall–Kier alpha value is -2.21. The van der Waals surface area contributed by atoms with Crippen molar-refractivity contribution in [2.45, 2.75) is 40.0 Å². The number of carboxylic acids is 1. The Bertz CT molecular complexity index is 920. The second kappa shape index (κ2) is 6.75. The van der Waals surface area contributed by atoms with Crippen molar-refractivity contribution in [1.29, 1.82) is 0 Å². The van der Waals surface area contributed by atoms with E-state index in [1.54, 1.807) is 0 Å². The number of fused-ring (bicyclic) bond motifs is 2. The Morgan fingerprint density at radius 2 is 1.81 bits per heavy atom. The number of rotatable bonds is 4. The zero-order chi connectivity index (χ0) is 19.3. The van der Waals surface area contributed by atoms with Gasteiger partial charge in [-0.25, -0.2) is 4.98 Å². The Labute approximate surface area is 162 Å². The van der Waals surface area contributed by atoms with Crippen LogP contribution in [0.2, 0.25) is 0 Å². The van der Waals surface area contributed by atoms with Crippen molar-refractivity contribution in [2.75, 3.05) is 5.32 Å². The second-order valence-corrected chi connectivity index (χ2v) is 9.14. The standard InChI is InChI=1S/C21H24N2O3S/c1-10-4-5-15(8-11(10)2)18-12(3)27-21(22-18)23-19(24)16-13-6-7-14(9-13)17(16)20(25)26/h4-5,8,13-14,16-17H,6-7,9H2,1-3H3,(H,25,26)(H,22,23,24)/t13-,14-,16+,17-/m0/s1. The van der Waals surface area contributed by atoms with Gasteiger partial charge in [-0.1, -0.05) is 12.1 Å². The number of amides is 1. The molecule has 142 valence electrons. The summed E-state index contributed by atoms with van der Waals surface area (Å²) in [7, 11) is 0. The molecule has 2 bridgehead atoms. The molecule has 0 unspecified atom stereocenters. The van der Waals surface area contributed by atoms with Crippen LogP contribution >= 0.6 is 11.3 Å². The van der Waals surface area contributed by atoms with Crippen LogP contribution in [0, 0.1) is 44.4 Å². The van der Waals surface area contributed by atoms with Gasteiger partial charge in [0.15, 0.2) is 5.13 Å². The predicted octanol–water partition coefficient (Wildman–Crippen LogP) is 4.42. The number of hydrogen-bond donors (Lipinski definition) is 2. The van der Waals surface area contributed by atoms with Crippen molar-refractivity contribution in [1.82, 2.24) is 4.98 Å².